The summed E-state index contributed by atoms with van der Waals surface area (Å²) in [6.45, 7) is 0. The molecule has 1 unspecified atom stereocenters. The molecular weight excluding hydrogens is 198 g/mol. The number of rotatable bonds is 3. The number of alkyl halides is 2. The summed E-state index contributed by atoms with van der Waals surface area (Å²) in [5, 5.41) is 20.8. The lowest BCUT2D eigenvalue weighted by molar-refractivity contribution is -0.147. The van der Waals surface area contributed by atoms with Crippen molar-refractivity contribution >= 4 is 5.97 Å². The number of carboxylic acids is 1. The summed E-state index contributed by atoms with van der Waals surface area (Å²) in [4.78, 5) is 10.4. The van der Waals surface area contributed by atoms with Gasteiger partial charge in [-0.05, 0) is 0 Å². The number of aliphatic carboxylic acids is 1. The van der Waals surface area contributed by atoms with Gasteiger partial charge in [0.15, 0.2) is 6.10 Å². The number of aryl methyl sites for hydroxylation is 1. The second-order valence-corrected chi connectivity index (χ2v) is 2.68. The first-order valence-corrected chi connectivity index (χ1v) is 3.66. The van der Waals surface area contributed by atoms with Gasteiger partial charge in [-0.1, -0.05) is 0 Å². The van der Waals surface area contributed by atoms with Crippen LogP contribution in [0.15, 0.2) is 6.20 Å². The van der Waals surface area contributed by atoms with Crippen molar-refractivity contribution in [3.05, 3.63) is 17.5 Å². The van der Waals surface area contributed by atoms with Crippen molar-refractivity contribution in [3.8, 4) is 0 Å². The zero-order chi connectivity index (χ0) is 10.9. The summed E-state index contributed by atoms with van der Waals surface area (Å²) >= 11 is 0. The number of carboxylic acid groups (broad SMARTS) is 1. The van der Waals surface area contributed by atoms with E-state index in [1.165, 1.54) is 7.05 Å². The van der Waals surface area contributed by atoms with Crippen LogP contribution in [0.3, 0.4) is 0 Å². The minimum atomic E-state index is -2.90. The van der Waals surface area contributed by atoms with Gasteiger partial charge in [0.05, 0.1) is 0 Å². The fourth-order valence-electron chi connectivity index (χ4n) is 1.04. The first-order chi connectivity index (χ1) is 6.43. The van der Waals surface area contributed by atoms with E-state index in [2.05, 4.69) is 5.10 Å². The summed E-state index contributed by atoms with van der Waals surface area (Å²) in [5.41, 5.74) is -1.09. The van der Waals surface area contributed by atoms with E-state index in [0.717, 1.165) is 10.9 Å². The lowest BCUT2D eigenvalue weighted by Crippen LogP contribution is -2.11. The molecule has 2 N–H and O–H groups in total. The van der Waals surface area contributed by atoms with Crippen molar-refractivity contribution in [2.75, 3.05) is 0 Å². The Morgan fingerprint density at radius 2 is 2.21 bits per heavy atom. The van der Waals surface area contributed by atoms with E-state index < -0.39 is 24.2 Å². The van der Waals surface area contributed by atoms with Gasteiger partial charge < -0.3 is 10.2 Å². The molecule has 1 rings (SSSR count). The van der Waals surface area contributed by atoms with Crippen LogP contribution in [0.4, 0.5) is 8.78 Å². The molecule has 1 heterocycles. The molecule has 0 aromatic carbocycles. The van der Waals surface area contributed by atoms with Crippen LogP contribution in [-0.4, -0.2) is 26.0 Å². The van der Waals surface area contributed by atoms with Crippen molar-refractivity contribution in [1.82, 2.24) is 9.78 Å². The van der Waals surface area contributed by atoms with Crippen molar-refractivity contribution in [3.63, 3.8) is 0 Å². The molecular formula is C7H8F2N2O3. The molecule has 0 saturated carbocycles. The molecule has 1 atom stereocenters. The number of aromatic nitrogens is 2. The predicted molar refractivity (Wildman–Crippen MR) is 40.8 cm³/mol. The highest BCUT2D eigenvalue weighted by atomic mass is 19.3. The third-order valence-corrected chi connectivity index (χ3v) is 1.62. The van der Waals surface area contributed by atoms with Crippen molar-refractivity contribution < 1.29 is 23.8 Å². The van der Waals surface area contributed by atoms with Gasteiger partial charge in [0.25, 0.3) is 6.43 Å². The SMILES string of the molecule is Cn1cc(C(O)C(=O)O)c(C(F)F)n1. The number of carbonyl (C=O) groups is 1. The molecule has 5 nitrogen and oxygen atoms in total. The van der Waals surface area contributed by atoms with Gasteiger partial charge in [0.2, 0.25) is 0 Å². The molecule has 78 valence electrons. The van der Waals surface area contributed by atoms with Crippen LogP contribution in [0.5, 0.6) is 0 Å². The monoisotopic (exact) mass is 206 g/mol. The molecule has 1 aromatic rings. The Bertz CT molecular complexity index is 351. The number of aliphatic hydroxyl groups is 1. The average Bonchev–Trinajstić information content (AvgIpc) is 2.45. The molecule has 0 fully saturated rings. The van der Waals surface area contributed by atoms with Gasteiger partial charge >= 0.3 is 5.97 Å². The lowest BCUT2D eigenvalue weighted by atomic mass is 10.1. The Labute approximate surface area is 77.6 Å². The normalized spacial score (nSPS) is 13.2. The van der Waals surface area contributed by atoms with E-state index in [4.69, 9.17) is 10.2 Å². The van der Waals surface area contributed by atoms with Crippen LogP contribution in [0.25, 0.3) is 0 Å². The third kappa shape index (κ3) is 1.87. The molecule has 0 amide bonds. The van der Waals surface area contributed by atoms with Crippen molar-refractivity contribution in [2.45, 2.75) is 12.5 Å². The smallest absolute Gasteiger partial charge is 0.337 e. The minimum absolute atomic E-state index is 0.380. The maximum absolute atomic E-state index is 12.3. The van der Waals surface area contributed by atoms with Crippen LogP contribution in [-0.2, 0) is 11.8 Å². The van der Waals surface area contributed by atoms with Crippen LogP contribution in [0, 0.1) is 0 Å². The molecule has 0 aliphatic heterocycles. The fraction of sp³-hybridized carbons (Fsp3) is 0.429. The van der Waals surface area contributed by atoms with E-state index in [1.54, 1.807) is 0 Å². The molecule has 7 heteroatoms. The Kier molecular flexibility index (Phi) is 2.80. The summed E-state index contributed by atoms with van der Waals surface area (Å²) < 4.78 is 25.6. The van der Waals surface area contributed by atoms with Gasteiger partial charge in [-0.2, -0.15) is 5.10 Å². The number of aliphatic hydroxyl groups excluding tert-OH is 1. The van der Waals surface area contributed by atoms with Gasteiger partial charge in [0.1, 0.15) is 5.69 Å². The van der Waals surface area contributed by atoms with Crippen LogP contribution in [0.1, 0.15) is 23.8 Å². The molecule has 0 spiro atoms. The van der Waals surface area contributed by atoms with Crippen LogP contribution >= 0.6 is 0 Å². The summed E-state index contributed by atoms with van der Waals surface area (Å²) in [6, 6.07) is 0. The highest BCUT2D eigenvalue weighted by Crippen LogP contribution is 2.25. The quantitative estimate of drug-likeness (QED) is 0.754. The van der Waals surface area contributed by atoms with Gasteiger partial charge in [-0.15, -0.1) is 0 Å². The third-order valence-electron chi connectivity index (χ3n) is 1.62. The summed E-state index contributed by atoms with van der Waals surface area (Å²) in [6.07, 6.45) is -3.81. The molecule has 1 aromatic heterocycles. The topological polar surface area (TPSA) is 75.4 Å². The van der Waals surface area contributed by atoms with E-state index in [-0.39, 0.29) is 5.56 Å². The number of hydrogen-bond acceptors (Lipinski definition) is 3. The number of halogens is 2. The Hall–Kier alpha value is -1.50. The fourth-order valence-corrected chi connectivity index (χ4v) is 1.04. The van der Waals surface area contributed by atoms with Gasteiger partial charge in [0, 0.05) is 18.8 Å². The highest BCUT2D eigenvalue weighted by molar-refractivity contribution is 5.74. The standard InChI is InChI=1S/C7H8F2N2O3/c1-11-2-3(5(12)7(13)14)4(10-11)6(8)9/h2,5-6,12H,1H3,(H,13,14). The maximum atomic E-state index is 12.3. The molecule has 0 aliphatic carbocycles. The second-order valence-electron chi connectivity index (χ2n) is 2.68. The second kappa shape index (κ2) is 3.70. The predicted octanol–water partition coefficient (Wildman–Crippen LogP) is 0.476. The molecule has 0 radical (unpaired) electrons. The van der Waals surface area contributed by atoms with Gasteiger partial charge in [-0.3, -0.25) is 4.68 Å². The Balaban J connectivity index is 3.12. The Morgan fingerprint density at radius 1 is 1.64 bits per heavy atom. The maximum Gasteiger partial charge on any atom is 0.337 e. The zero-order valence-electron chi connectivity index (χ0n) is 7.19. The Morgan fingerprint density at radius 3 is 2.64 bits per heavy atom. The minimum Gasteiger partial charge on any atom is -0.479 e. The largest absolute Gasteiger partial charge is 0.479 e. The highest BCUT2D eigenvalue weighted by Gasteiger charge is 2.26. The summed E-state index contributed by atoms with van der Waals surface area (Å²) in [5.74, 6) is -1.58. The molecule has 0 bridgehead atoms. The number of nitrogens with zero attached hydrogens (tertiary/aromatic N) is 2. The van der Waals surface area contributed by atoms with Crippen LogP contribution < -0.4 is 0 Å². The summed E-state index contributed by atoms with van der Waals surface area (Å²) in [7, 11) is 1.37. The molecule has 14 heavy (non-hydrogen) atoms. The van der Waals surface area contributed by atoms with E-state index in [1.807, 2.05) is 0 Å². The first-order valence-electron chi connectivity index (χ1n) is 3.66. The van der Waals surface area contributed by atoms with E-state index >= 15 is 0 Å². The number of hydrogen-bond donors (Lipinski definition) is 2. The lowest BCUT2D eigenvalue weighted by Gasteiger charge is -2.03. The van der Waals surface area contributed by atoms with E-state index in [9.17, 15) is 13.6 Å². The van der Waals surface area contributed by atoms with E-state index in [0.29, 0.717) is 0 Å². The average molecular weight is 206 g/mol. The van der Waals surface area contributed by atoms with Crippen molar-refractivity contribution in [1.29, 1.82) is 0 Å². The first kappa shape index (κ1) is 10.6. The molecule has 0 aliphatic rings. The van der Waals surface area contributed by atoms with Crippen LogP contribution in [0.2, 0.25) is 0 Å². The zero-order valence-corrected chi connectivity index (χ0v) is 7.19. The molecule has 0 saturated heterocycles. The van der Waals surface area contributed by atoms with Gasteiger partial charge in [-0.25, -0.2) is 13.6 Å². The van der Waals surface area contributed by atoms with Crippen molar-refractivity contribution in [2.24, 2.45) is 7.05 Å².